The molecule has 0 atom stereocenters. The van der Waals surface area contributed by atoms with Crippen molar-refractivity contribution in [1.29, 1.82) is 0 Å². The van der Waals surface area contributed by atoms with Crippen LogP contribution >= 0.6 is 0 Å². The molecule has 0 bridgehead atoms. The van der Waals surface area contributed by atoms with Crippen LogP contribution in [0.25, 0.3) is 33.5 Å². The topological polar surface area (TPSA) is 95.8 Å². The van der Waals surface area contributed by atoms with Gasteiger partial charge >= 0.3 is 0 Å². The Morgan fingerprint density at radius 3 is 2.58 bits per heavy atom. The van der Waals surface area contributed by atoms with Gasteiger partial charge in [-0.25, -0.2) is 26.7 Å². The van der Waals surface area contributed by atoms with Gasteiger partial charge in [-0.3, -0.25) is 0 Å². The number of anilines is 1. The normalized spacial score (nSPS) is 14.6. The Labute approximate surface area is 179 Å². The van der Waals surface area contributed by atoms with Crippen LogP contribution in [-0.4, -0.2) is 32.2 Å². The van der Waals surface area contributed by atoms with Gasteiger partial charge in [0, 0.05) is 17.2 Å². The Morgan fingerprint density at radius 2 is 1.90 bits per heavy atom. The molecule has 1 saturated carbocycles. The number of nitrogens with two attached hydrogens (primary N) is 1. The average Bonchev–Trinajstić information content (AvgIpc) is 3.38. The molecular weight excluding hydrogens is 417 g/mol. The molecule has 31 heavy (non-hydrogen) atoms. The van der Waals surface area contributed by atoms with E-state index in [1.807, 2.05) is 10.6 Å². The summed E-state index contributed by atoms with van der Waals surface area (Å²) >= 11 is 0. The maximum Gasteiger partial charge on any atom is 0.244 e. The standard InChI is InChI=1S/C22H22FN5O2S/c1-13(2)31(29,30)28-19-11-14(7-10-18(19)26-22(28)24)21-20(16-5-3-4-6-17(16)23)25-12-27(21)15-8-9-15/h3-7,10-13,15H,8-9H2,1-2H3,(H2,24,26). The van der Waals surface area contributed by atoms with Crippen LogP contribution in [-0.2, 0) is 10.0 Å². The van der Waals surface area contributed by atoms with Crippen LogP contribution in [0, 0.1) is 5.82 Å². The monoisotopic (exact) mass is 439 g/mol. The highest BCUT2D eigenvalue weighted by Gasteiger charge is 2.30. The summed E-state index contributed by atoms with van der Waals surface area (Å²) in [6, 6.07) is 12.1. The maximum atomic E-state index is 14.6. The maximum absolute atomic E-state index is 14.6. The van der Waals surface area contributed by atoms with Crippen molar-refractivity contribution in [1.82, 2.24) is 18.5 Å². The zero-order valence-corrected chi connectivity index (χ0v) is 18.0. The van der Waals surface area contributed by atoms with Crippen molar-refractivity contribution in [3.63, 3.8) is 0 Å². The van der Waals surface area contributed by atoms with E-state index in [9.17, 15) is 12.8 Å². The molecule has 4 aromatic rings. The fourth-order valence-corrected chi connectivity index (χ4v) is 4.97. The third-order valence-corrected chi connectivity index (χ3v) is 7.71. The molecule has 0 aliphatic heterocycles. The lowest BCUT2D eigenvalue weighted by Crippen LogP contribution is -2.23. The van der Waals surface area contributed by atoms with E-state index in [1.54, 1.807) is 50.5 Å². The van der Waals surface area contributed by atoms with Gasteiger partial charge in [-0.1, -0.05) is 18.2 Å². The minimum absolute atomic E-state index is 0.0779. The summed E-state index contributed by atoms with van der Waals surface area (Å²) < 4.78 is 43.6. The van der Waals surface area contributed by atoms with Gasteiger partial charge in [0.1, 0.15) is 5.82 Å². The second kappa shape index (κ2) is 6.91. The fraction of sp³-hybridized carbons (Fsp3) is 0.273. The highest BCUT2D eigenvalue weighted by molar-refractivity contribution is 7.90. The quantitative estimate of drug-likeness (QED) is 0.503. The third kappa shape index (κ3) is 3.11. The van der Waals surface area contributed by atoms with Crippen molar-refractivity contribution in [2.45, 2.75) is 38.0 Å². The van der Waals surface area contributed by atoms with Crippen molar-refractivity contribution in [2.75, 3.05) is 5.73 Å². The lowest BCUT2D eigenvalue weighted by Gasteiger charge is -2.13. The van der Waals surface area contributed by atoms with E-state index >= 15 is 0 Å². The summed E-state index contributed by atoms with van der Waals surface area (Å²) in [5, 5.41) is -0.665. The fourth-order valence-electron chi connectivity index (χ4n) is 3.83. The van der Waals surface area contributed by atoms with Crippen LogP contribution < -0.4 is 5.73 Å². The first-order chi connectivity index (χ1) is 14.8. The summed E-state index contributed by atoms with van der Waals surface area (Å²) in [7, 11) is -3.71. The Hall–Kier alpha value is -3.20. The Bertz CT molecular complexity index is 1420. The highest BCUT2D eigenvalue weighted by Crippen LogP contribution is 2.43. The number of imidazole rings is 2. The Balaban J connectivity index is 1.77. The zero-order valence-electron chi connectivity index (χ0n) is 17.2. The molecule has 5 rings (SSSR count). The molecular formula is C22H22FN5O2S. The predicted octanol–water partition coefficient (Wildman–Crippen LogP) is 4.21. The van der Waals surface area contributed by atoms with E-state index in [0.29, 0.717) is 28.3 Å². The molecule has 0 radical (unpaired) electrons. The number of hydrogen-bond acceptors (Lipinski definition) is 5. The van der Waals surface area contributed by atoms with Gasteiger partial charge in [-0.2, -0.15) is 0 Å². The number of nitrogens with zero attached hydrogens (tertiary/aromatic N) is 4. The minimum Gasteiger partial charge on any atom is -0.368 e. The molecule has 2 heterocycles. The van der Waals surface area contributed by atoms with Gasteiger partial charge in [0.25, 0.3) is 0 Å². The second-order valence-corrected chi connectivity index (χ2v) is 10.4. The smallest absolute Gasteiger partial charge is 0.244 e. The van der Waals surface area contributed by atoms with Crippen LogP contribution in [0.15, 0.2) is 48.8 Å². The van der Waals surface area contributed by atoms with Crippen molar-refractivity contribution in [2.24, 2.45) is 0 Å². The molecule has 1 aliphatic carbocycles. The summed E-state index contributed by atoms with van der Waals surface area (Å²) in [6.07, 6.45) is 3.78. The summed E-state index contributed by atoms with van der Waals surface area (Å²) in [6.45, 7) is 3.20. The molecule has 2 aromatic carbocycles. The van der Waals surface area contributed by atoms with Gasteiger partial charge < -0.3 is 10.3 Å². The van der Waals surface area contributed by atoms with E-state index < -0.39 is 15.3 Å². The van der Waals surface area contributed by atoms with Crippen LogP contribution in [0.1, 0.15) is 32.7 Å². The number of rotatable bonds is 5. The first kappa shape index (κ1) is 19.7. The van der Waals surface area contributed by atoms with E-state index in [0.717, 1.165) is 28.1 Å². The van der Waals surface area contributed by atoms with E-state index in [2.05, 4.69) is 9.97 Å². The predicted molar refractivity (Wildman–Crippen MR) is 118 cm³/mol. The number of hydrogen-bond donors (Lipinski definition) is 1. The summed E-state index contributed by atoms with van der Waals surface area (Å²) in [5.41, 5.74) is 9.27. The average molecular weight is 440 g/mol. The van der Waals surface area contributed by atoms with Gasteiger partial charge in [-0.05, 0) is 51.0 Å². The second-order valence-electron chi connectivity index (χ2n) is 8.09. The SMILES string of the molecule is CC(C)S(=O)(=O)n1c(N)nc2ccc(-c3c(-c4ccccc4F)ncn3C3CC3)cc21. The molecule has 0 unspecified atom stereocenters. The van der Waals surface area contributed by atoms with Crippen LogP contribution in [0.5, 0.6) is 0 Å². The molecule has 7 nitrogen and oxygen atoms in total. The first-order valence-corrected chi connectivity index (χ1v) is 11.6. The first-order valence-electron chi connectivity index (χ1n) is 10.1. The summed E-state index contributed by atoms with van der Waals surface area (Å²) in [4.78, 5) is 8.76. The number of benzene rings is 2. The molecule has 1 aliphatic rings. The number of fused-ring (bicyclic) bond motifs is 1. The minimum atomic E-state index is -3.71. The lowest BCUT2D eigenvalue weighted by molar-refractivity contribution is 0.580. The van der Waals surface area contributed by atoms with Gasteiger partial charge in [0.2, 0.25) is 16.0 Å². The molecule has 9 heteroatoms. The Morgan fingerprint density at radius 1 is 1.16 bits per heavy atom. The van der Waals surface area contributed by atoms with Crippen molar-refractivity contribution in [3.8, 4) is 22.5 Å². The van der Waals surface area contributed by atoms with Gasteiger partial charge in [0.05, 0.1) is 34.0 Å². The van der Waals surface area contributed by atoms with Crippen molar-refractivity contribution < 1.29 is 12.8 Å². The zero-order chi connectivity index (χ0) is 21.9. The molecule has 160 valence electrons. The molecule has 2 N–H and O–H groups in total. The van der Waals surface area contributed by atoms with E-state index in [4.69, 9.17) is 5.73 Å². The Kier molecular flexibility index (Phi) is 4.40. The molecule has 0 spiro atoms. The van der Waals surface area contributed by atoms with Crippen LogP contribution in [0.2, 0.25) is 0 Å². The molecule has 1 fully saturated rings. The van der Waals surface area contributed by atoms with Crippen LogP contribution in [0.4, 0.5) is 10.3 Å². The third-order valence-electron chi connectivity index (χ3n) is 5.62. The summed E-state index contributed by atoms with van der Waals surface area (Å²) in [5.74, 6) is -0.437. The highest BCUT2D eigenvalue weighted by atomic mass is 32.2. The number of halogens is 1. The number of nitrogen functional groups attached to an aromatic ring is 1. The van der Waals surface area contributed by atoms with Gasteiger partial charge in [0.15, 0.2) is 0 Å². The number of aromatic nitrogens is 4. The molecule has 0 saturated heterocycles. The van der Waals surface area contributed by atoms with Gasteiger partial charge in [-0.15, -0.1) is 0 Å². The lowest BCUT2D eigenvalue weighted by atomic mass is 10.0. The van der Waals surface area contributed by atoms with Crippen LogP contribution in [0.3, 0.4) is 0 Å². The van der Waals surface area contributed by atoms with Crippen molar-refractivity contribution in [3.05, 3.63) is 54.6 Å². The molecule has 0 amide bonds. The van der Waals surface area contributed by atoms with Crippen molar-refractivity contribution >= 4 is 27.0 Å². The largest absolute Gasteiger partial charge is 0.368 e. The van der Waals surface area contributed by atoms with E-state index in [-0.39, 0.29) is 11.8 Å². The van der Waals surface area contributed by atoms with E-state index in [1.165, 1.54) is 6.07 Å². The molecule has 2 aromatic heterocycles.